The van der Waals surface area contributed by atoms with Crippen LogP contribution in [-0.4, -0.2) is 47.0 Å². The molecule has 1 aliphatic rings. The average Bonchev–Trinajstić information content (AvgIpc) is 3.17. The fraction of sp³-hybridized carbons (Fsp3) is 0.276. The molecular formula is C29H30N4O. The van der Waals surface area contributed by atoms with Crippen molar-refractivity contribution < 1.29 is 4.79 Å². The Morgan fingerprint density at radius 3 is 1.94 bits per heavy atom. The zero-order chi connectivity index (χ0) is 23.2. The van der Waals surface area contributed by atoms with Crippen LogP contribution in [0.15, 0.2) is 78.9 Å². The van der Waals surface area contributed by atoms with Gasteiger partial charge in [-0.05, 0) is 44.1 Å². The molecule has 5 rings (SSSR count). The van der Waals surface area contributed by atoms with Crippen molar-refractivity contribution in [3.05, 3.63) is 84.4 Å². The van der Waals surface area contributed by atoms with Crippen LogP contribution in [0, 0.1) is 0 Å². The lowest BCUT2D eigenvalue weighted by atomic mass is 10.0. The minimum Gasteiger partial charge on any atom is -0.351 e. The predicted octanol–water partition coefficient (Wildman–Crippen LogP) is 5.57. The maximum absolute atomic E-state index is 12.9. The van der Waals surface area contributed by atoms with E-state index in [9.17, 15) is 4.79 Å². The molecule has 1 saturated heterocycles. The molecule has 0 saturated carbocycles. The van der Waals surface area contributed by atoms with Gasteiger partial charge in [0.15, 0.2) is 0 Å². The van der Waals surface area contributed by atoms with Gasteiger partial charge in [-0.3, -0.25) is 4.79 Å². The van der Waals surface area contributed by atoms with E-state index in [-0.39, 0.29) is 5.91 Å². The lowest BCUT2D eigenvalue weighted by Gasteiger charge is -2.19. The Kier molecular flexibility index (Phi) is 6.91. The molecule has 0 unspecified atom stereocenters. The number of carbonyl (C=O) groups is 1. The molecule has 2 heterocycles. The van der Waals surface area contributed by atoms with Crippen molar-refractivity contribution in [2.45, 2.75) is 25.7 Å². The molecule has 1 aromatic heterocycles. The van der Waals surface area contributed by atoms with Gasteiger partial charge in [0.1, 0.15) is 0 Å². The number of carbonyl (C=O) groups excluding carboxylic acids is 1. The molecule has 0 atom stereocenters. The predicted molar refractivity (Wildman–Crippen MR) is 138 cm³/mol. The molecule has 0 spiro atoms. The summed E-state index contributed by atoms with van der Waals surface area (Å²) in [4.78, 5) is 25.3. The molecule has 0 radical (unpaired) electrons. The van der Waals surface area contributed by atoms with E-state index in [1.54, 1.807) is 0 Å². The van der Waals surface area contributed by atoms with Gasteiger partial charge in [0.2, 0.25) is 0 Å². The monoisotopic (exact) mass is 450 g/mol. The van der Waals surface area contributed by atoms with Crippen LogP contribution in [0.4, 0.5) is 0 Å². The minimum atomic E-state index is -0.0630. The van der Waals surface area contributed by atoms with Gasteiger partial charge in [0, 0.05) is 29.8 Å². The van der Waals surface area contributed by atoms with Gasteiger partial charge >= 0.3 is 0 Å². The summed E-state index contributed by atoms with van der Waals surface area (Å²) in [6, 6.07) is 25.8. The molecule has 1 N–H and O–H groups in total. The largest absolute Gasteiger partial charge is 0.351 e. The number of likely N-dealkylation sites (tertiary alicyclic amines) is 1. The molecule has 1 aliphatic heterocycles. The van der Waals surface area contributed by atoms with Gasteiger partial charge in [-0.2, -0.15) is 0 Å². The fourth-order valence-corrected chi connectivity index (χ4v) is 4.58. The summed E-state index contributed by atoms with van der Waals surface area (Å²) in [6.07, 6.45) is 5.15. The quantitative estimate of drug-likeness (QED) is 0.417. The third-order valence-corrected chi connectivity index (χ3v) is 6.43. The summed E-state index contributed by atoms with van der Waals surface area (Å²) in [5.41, 5.74) is 5.80. The lowest BCUT2D eigenvalue weighted by Crippen LogP contribution is -2.35. The number of hydrogen-bond acceptors (Lipinski definition) is 4. The van der Waals surface area contributed by atoms with E-state index >= 15 is 0 Å². The van der Waals surface area contributed by atoms with Crippen LogP contribution < -0.4 is 5.32 Å². The first kappa shape index (κ1) is 22.2. The average molecular weight is 451 g/mol. The number of nitrogens with one attached hydrogen (secondary N) is 1. The Labute approximate surface area is 200 Å². The highest BCUT2D eigenvalue weighted by molar-refractivity contribution is 5.98. The topological polar surface area (TPSA) is 58.1 Å². The van der Waals surface area contributed by atoms with Crippen LogP contribution in [-0.2, 0) is 0 Å². The van der Waals surface area contributed by atoms with E-state index in [0.717, 1.165) is 53.2 Å². The van der Waals surface area contributed by atoms with Gasteiger partial charge < -0.3 is 10.2 Å². The van der Waals surface area contributed by atoms with Crippen LogP contribution in [0.2, 0.25) is 0 Å². The molecule has 172 valence electrons. The second kappa shape index (κ2) is 10.6. The highest BCUT2D eigenvalue weighted by Crippen LogP contribution is 2.31. The molecule has 3 aromatic carbocycles. The highest BCUT2D eigenvalue weighted by Gasteiger charge is 2.15. The molecule has 1 amide bonds. The SMILES string of the molecule is O=C(NCCN1CCCCCC1)c1ccc2nc(-c3ccccc3)c(-c3ccccc3)nc2c1. The Hall–Kier alpha value is -3.57. The Balaban J connectivity index is 1.40. The third-order valence-electron chi connectivity index (χ3n) is 6.43. The van der Waals surface area contributed by atoms with E-state index < -0.39 is 0 Å². The summed E-state index contributed by atoms with van der Waals surface area (Å²) in [6.45, 7) is 3.82. The number of rotatable bonds is 6. The van der Waals surface area contributed by atoms with Crippen LogP contribution in [0.1, 0.15) is 36.0 Å². The van der Waals surface area contributed by atoms with Crippen molar-refractivity contribution in [1.82, 2.24) is 20.2 Å². The second-order valence-electron chi connectivity index (χ2n) is 8.87. The van der Waals surface area contributed by atoms with Crippen molar-refractivity contribution >= 4 is 16.9 Å². The normalized spacial score (nSPS) is 14.6. The molecular weight excluding hydrogens is 420 g/mol. The fourth-order valence-electron chi connectivity index (χ4n) is 4.58. The van der Waals surface area contributed by atoms with E-state index in [1.165, 1.54) is 25.7 Å². The van der Waals surface area contributed by atoms with Crippen LogP contribution in [0.5, 0.6) is 0 Å². The van der Waals surface area contributed by atoms with Gasteiger partial charge in [0.25, 0.3) is 5.91 Å². The molecule has 0 aliphatic carbocycles. The van der Waals surface area contributed by atoms with Crippen molar-refractivity contribution in [1.29, 1.82) is 0 Å². The summed E-state index contributed by atoms with van der Waals surface area (Å²) in [5.74, 6) is -0.0630. The summed E-state index contributed by atoms with van der Waals surface area (Å²) < 4.78 is 0. The van der Waals surface area contributed by atoms with Crippen molar-refractivity contribution in [2.75, 3.05) is 26.2 Å². The Morgan fingerprint density at radius 2 is 1.32 bits per heavy atom. The first-order chi connectivity index (χ1) is 16.8. The lowest BCUT2D eigenvalue weighted by molar-refractivity contribution is 0.0948. The first-order valence-corrected chi connectivity index (χ1v) is 12.2. The molecule has 0 bridgehead atoms. The van der Waals surface area contributed by atoms with E-state index in [2.05, 4.69) is 22.3 Å². The van der Waals surface area contributed by atoms with Crippen molar-refractivity contribution in [3.8, 4) is 22.5 Å². The number of hydrogen-bond donors (Lipinski definition) is 1. The number of benzene rings is 3. The van der Waals surface area contributed by atoms with Gasteiger partial charge in [-0.15, -0.1) is 0 Å². The molecule has 34 heavy (non-hydrogen) atoms. The van der Waals surface area contributed by atoms with Crippen LogP contribution >= 0.6 is 0 Å². The van der Waals surface area contributed by atoms with Gasteiger partial charge in [-0.25, -0.2) is 9.97 Å². The minimum absolute atomic E-state index is 0.0630. The molecule has 4 aromatic rings. The molecule has 1 fully saturated rings. The van der Waals surface area contributed by atoms with Gasteiger partial charge in [0.05, 0.1) is 22.4 Å². The van der Waals surface area contributed by atoms with Crippen LogP contribution in [0.3, 0.4) is 0 Å². The Morgan fingerprint density at radius 1 is 0.735 bits per heavy atom. The third kappa shape index (κ3) is 5.15. The van der Waals surface area contributed by atoms with Crippen LogP contribution in [0.25, 0.3) is 33.5 Å². The standard InChI is InChI=1S/C29H30N4O/c34-29(30-17-20-33-18-9-1-2-10-19-33)24-15-16-25-26(21-24)32-28(23-13-7-4-8-14-23)27(31-25)22-11-5-3-6-12-22/h3-8,11-16,21H,1-2,9-10,17-20H2,(H,30,34). The van der Waals surface area contributed by atoms with Crippen molar-refractivity contribution in [3.63, 3.8) is 0 Å². The van der Waals surface area contributed by atoms with E-state index in [4.69, 9.17) is 9.97 Å². The molecule has 5 nitrogen and oxygen atoms in total. The maximum atomic E-state index is 12.9. The second-order valence-corrected chi connectivity index (χ2v) is 8.87. The maximum Gasteiger partial charge on any atom is 0.251 e. The summed E-state index contributed by atoms with van der Waals surface area (Å²) in [5, 5.41) is 3.09. The van der Waals surface area contributed by atoms with Crippen molar-refractivity contribution in [2.24, 2.45) is 0 Å². The van der Waals surface area contributed by atoms with E-state index in [1.807, 2.05) is 66.7 Å². The smallest absolute Gasteiger partial charge is 0.251 e. The van der Waals surface area contributed by atoms with E-state index in [0.29, 0.717) is 12.1 Å². The Bertz CT molecular complexity index is 1250. The number of amides is 1. The number of nitrogens with zero attached hydrogens (tertiary/aromatic N) is 3. The zero-order valence-electron chi connectivity index (χ0n) is 19.4. The zero-order valence-corrected chi connectivity index (χ0v) is 19.4. The molecule has 5 heteroatoms. The first-order valence-electron chi connectivity index (χ1n) is 12.2. The number of aromatic nitrogens is 2. The summed E-state index contributed by atoms with van der Waals surface area (Å²) >= 11 is 0. The number of fused-ring (bicyclic) bond motifs is 1. The highest BCUT2D eigenvalue weighted by atomic mass is 16.1. The summed E-state index contributed by atoms with van der Waals surface area (Å²) in [7, 11) is 0. The van der Waals surface area contributed by atoms with Gasteiger partial charge in [-0.1, -0.05) is 73.5 Å².